The van der Waals surface area contributed by atoms with Gasteiger partial charge in [0.05, 0.1) is 4.87 Å². The molecule has 1 atom stereocenters. The minimum Gasteiger partial charge on any atom is -0.354 e. The van der Waals surface area contributed by atoms with Crippen LogP contribution in [0.25, 0.3) is 0 Å². The highest BCUT2D eigenvalue weighted by atomic mass is 32.2. The molecule has 1 rings (SSSR count). The standard InChI is InChI=1S/C23H44N2O2S/c1-4-5-6-7-8-9-10-11-12-13-14-15-16-17-18-24-22(27)21-19-28-23(2,3)25(21)20-26/h20-21H,4-19H2,1-3H3,(H,24,27). The van der Waals surface area contributed by atoms with Crippen LogP contribution in [0, 0.1) is 0 Å². The molecule has 28 heavy (non-hydrogen) atoms. The van der Waals surface area contributed by atoms with Gasteiger partial charge in [0.25, 0.3) is 0 Å². The zero-order valence-electron chi connectivity index (χ0n) is 18.6. The van der Waals surface area contributed by atoms with Crippen molar-refractivity contribution in [3.8, 4) is 0 Å². The summed E-state index contributed by atoms with van der Waals surface area (Å²) in [5.74, 6) is 0.691. The third-order valence-corrected chi connectivity index (χ3v) is 7.20. The number of hydrogen-bond donors (Lipinski definition) is 1. The number of carbonyl (C=O) groups excluding carboxylic acids is 2. The number of nitrogens with one attached hydrogen (secondary N) is 1. The Morgan fingerprint density at radius 1 is 0.929 bits per heavy atom. The van der Waals surface area contributed by atoms with E-state index in [1.807, 2.05) is 13.8 Å². The first-order valence-electron chi connectivity index (χ1n) is 11.7. The van der Waals surface area contributed by atoms with Gasteiger partial charge in [-0.25, -0.2) is 0 Å². The molecule has 0 saturated carbocycles. The Hall–Kier alpha value is -0.710. The van der Waals surface area contributed by atoms with Gasteiger partial charge < -0.3 is 10.2 Å². The predicted octanol–water partition coefficient (Wildman–Crippen LogP) is 5.89. The van der Waals surface area contributed by atoms with Crippen LogP contribution in [-0.4, -0.2) is 40.4 Å². The summed E-state index contributed by atoms with van der Waals surface area (Å²) in [6.07, 6.45) is 19.6. The number of rotatable bonds is 17. The fraction of sp³-hybridized carbons (Fsp3) is 0.913. The molecule has 5 heteroatoms. The first-order chi connectivity index (χ1) is 13.5. The molecular formula is C23H44N2O2S. The third kappa shape index (κ3) is 10.2. The highest BCUT2D eigenvalue weighted by Gasteiger charge is 2.42. The van der Waals surface area contributed by atoms with E-state index < -0.39 is 0 Å². The predicted molar refractivity (Wildman–Crippen MR) is 122 cm³/mol. The maximum Gasteiger partial charge on any atom is 0.243 e. The minimum atomic E-state index is -0.316. The van der Waals surface area contributed by atoms with Gasteiger partial charge in [-0.15, -0.1) is 11.8 Å². The second-order valence-corrected chi connectivity index (χ2v) is 10.3. The molecule has 0 bridgehead atoms. The van der Waals surface area contributed by atoms with Crippen molar-refractivity contribution in [2.45, 2.75) is 122 Å². The van der Waals surface area contributed by atoms with E-state index in [4.69, 9.17) is 0 Å². The van der Waals surface area contributed by atoms with Gasteiger partial charge in [0, 0.05) is 12.3 Å². The number of amides is 2. The molecule has 1 aliphatic rings. The highest BCUT2D eigenvalue weighted by molar-refractivity contribution is 8.00. The van der Waals surface area contributed by atoms with E-state index in [1.54, 1.807) is 16.7 Å². The van der Waals surface area contributed by atoms with Gasteiger partial charge in [0.1, 0.15) is 6.04 Å². The summed E-state index contributed by atoms with van der Waals surface area (Å²) in [5, 5.41) is 3.02. The molecule has 1 N–H and O–H groups in total. The van der Waals surface area contributed by atoms with Crippen LogP contribution in [0.3, 0.4) is 0 Å². The summed E-state index contributed by atoms with van der Waals surface area (Å²) in [4.78, 5) is 25.0. The normalized spacial score (nSPS) is 18.4. The molecule has 0 spiro atoms. The van der Waals surface area contributed by atoms with E-state index in [0.29, 0.717) is 5.75 Å². The van der Waals surface area contributed by atoms with Crippen molar-refractivity contribution in [3.05, 3.63) is 0 Å². The average molecular weight is 413 g/mol. The molecule has 1 fully saturated rings. The van der Waals surface area contributed by atoms with E-state index in [1.165, 1.54) is 83.5 Å². The Morgan fingerprint density at radius 2 is 1.39 bits per heavy atom. The van der Waals surface area contributed by atoms with Crippen LogP contribution in [0.1, 0.15) is 111 Å². The van der Waals surface area contributed by atoms with Crippen LogP contribution < -0.4 is 5.32 Å². The van der Waals surface area contributed by atoms with Crippen LogP contribution >= 0.6 is 11.8 Å². The SMILES string of the molecule is CCCCCCCCCCCCCCCCNC(=O)C1CSC(C)(C)N1C=O. The fourth-order valence-electron chi connectivity index (χ4n) is 3.86. The Balaban J connectivity index is 1.89. The Labute approximate surface area is 178 Å². The van der Waals surface area contributed by atoms with E-state index >= 15 is 0 Å². The van der Waals surface area contributed by atoms with Crippen molar-refractivity contribution in [3.63, 3.8) is 0 Å². The maximum atomic E-state index is 12.3. The lowest BCUT2D eigenvalue weighted by molar-refractivity contribution is -0.133. The van der Waals surface area contributed by atoms with Crippen molar-refractivity contribution >= 4 is 24.1 Å². The van der Waals surface area contributed by atoms with Crippen LogP contribution in [0.2, 0.25) is 0 Å². The molecular weight excluding hydrogens is 368 g/mol. The zero-order valence-corrected chi connectivity index (χ0v) is 19.5. The van der Waals surface area contributed by atoms with E-state index in [9.17, 15) is 9.59 Å². The van der Waals surface area contributed by atoms with Crippen LogP contribution in [0.15, 0.2) is 0 Å². The Kier molecular flexibility index (Phi) is 13.7. The smallest absolute Gasteiger partial charge is 0.243 e. The third-order valence-electron chi connectivity index (χ3n) is 5.80. The van der Waals surface area contributed by atoms with E-state index in [-0.39, 0.29) is 16.8 Å². The summed E-state index contributed by atoms with van der Waals surface area (Å²) in [7, 11) is 0. The topological polar surface area (TPSA) is 49.4 Å². The van der Waals surface area contributed by atoms with Crippen molar-refractivity contribution in [1.82, 2.24) is 10.2 Å². The number of hydrogen-bond acceptors (Lipinski definition) is 3. The number of unbranched alkanes of at least 4 members (excludes halogenated alkanes) is 13. The molecule has 4 nitrogen and oxygen atoms in total. The van der Waals surface area contributed by atoms with Gasteiger partial charge in [-0.2, -0.15) is 0 Å². The fourth-order valence-corrected chi connectivity index (χ4v) is 5.06. The van der Waals surface area contributed by atoms with Crippen molar-refractivity contribution in [2.75, 3.05) is 12.3 Å². The lowest BCUT2D eigenvalue weighted by atomic mass is 10.0. The molecule has 1 heterocycles. The second kappa shape index (κ2) is 15.2. The molecule has 1 aliphatic heterocycles. The summed E-state index contributed by atoms with van der Waals surface area (Å²) in [5.41, 5.74) is 0. The average Bonchev–Trinajstić information content (AvgIpc) is 2.99. The van der Waals surface area contributed by atoms with Gasteiger partial charge >= 0.3 is 0 Å². The number of nitrogens with zero attached hydrogens (tertiary/aromatic N) is 1. The van der Waals surface area contributed by atoms with Crippen LogP contribution in [0.4, 0.5) is 0 Å². The molecule has 0 aliphatic carbocycles. The first-order valence-corrected chi connectivity index (χ1v) is 12.7. The van der Waals surface area contributed by atoms with Gasteiger partial charge in [-0.1, -0.05) is 90.4 Å². The molecule has 1 saturated heterocycles. The molecule has 0 aromatic carbocycles. The highest BCUT2D eigenvalue weighted by Crippen LogP contribution is 2.37. The Bertz CT molecular complexity index is 429. The van der Waals surface area contributed by atoms with Crippen LogP contribution in [-0.2, 0) is 9.59 Å². The quantitative estimate of drug-likeness (QED) is 0.239. The van der Waals surface area contributed by atoms with E-state index in [0.717, 1.165) is 19.4 Å². The number of carbonyl (C=O) groups is 2. The molecule has 0 aromatic heterocycles. The summed E-state index contributed by atoms with van der Waals surface area (Å²) >= 11 is 1.67. The van der Waals surface area contributed by atoms with Crippen molar-refractivity contribution in [2.24, 2.45) is 0 Å². The molecule has 0 radical (unpaired) electrons. The monoisotopic (exact) mass is 412 g/mol. The Morgan fingerprint density at radius 3 is 1.86 bits per heavy atom. The minimum absolute atomic E-state index is 0.000121. The number of thioether (sulfide) groups is 1. The molecule has 164 valence electrons. The molecule has 0 aromatic rings. The van der Waals surface area contributed by atoms with Crippen LogP contribution in [0.5, 0.6) is 0 Å². The zero-order chi connectivity index (χ0) is 20.7. The van der Waals surface area contributed by atoms with Gasteiger partial charge in [-0.05, 0) is 20.3 Å². The molecule has 1 unspecified atom stereocenters. The lowest BCUT2D eigenvalue weighted by Gasteiger charge is -2.30. The van der Waals surface area contributed by atoms with Crippen molar-refractivity contribution < 1.29 is 9.59 Å². The van der Waals surface area contributed by atoms with Gasteiger partial charge in [0.15, 0.2) is 0 Å². The summed E-state index contributed by atoms with van der Waals surface area (Å²) in [6.45, 7) is 6.99. The first kappa shape index (κ1) is 25.3. The van der Waals surface area contributed by atoms with Gasteiger partial charge in [-0.3, -0.25) is 9.59 Å². The second-order valence-electron chi connectivity index (χ2n) is 8.67. The van der Waals surface area contributed by atoms with E-state index in [2.05, 4.69) is 12.2 Å². The largest absolute Gasteiger partial charge is 0.354 e. The van der Waals surface area contributed by atoms with Gasteiger partial charge in [0.2, 0.25) is 12.3 Å². The lowest BCUT2D eigenvalue weighted by Crippen LogP contribution is -2.49. The molecule has 2 amide bonds. The summed E-state index contributed by atoms with van der Waals surface area (Å²) in [6, 6.07) is -0.316. The van der Waals surface area contributed by atoms with Crippen molar-refractivity contribution in [1.29, 1.82) is 0 Å². The summed E-state index contributed by atoms with van der Waals surface area (Å²) < 4.78 is 0. The maximum absolute atomic E-state index is 12.3.